The summed E-state index contributed by atoms with van der Waals surface area (Å²) in [4.78, 5) is 26.1. The van der Waals surface area contributed by atoms with Crippen LogP contribution < -0.4 is 5.32 Å². The smallest absolute Gasteiger partial charge is 0.327 e. The van der Waals surface area contributed by atoms with Gasteiger partial charge in [0.15, 0.2) is 0 Å². The maximum Gasteiger partial charge on any atom is 0.327 e. The minimum Gasteiger partial charge on any atom is -0.480 e. The molecule has 19 heavy (non-hydrogen) atoms. The van der Waals surface area contributed by atoms with Gasteiger partial charge in [0, 0.05) is 6.20 Å². The van der Waals surface area contributed by atoms with E-state index >= 15 is 0 Å². The Bertz CT molecular complexity index is 602. The topological polar surface area (TPSA) is 134 Å². The predicted octanol–water partition coefficient (Wildman–Crippen LogP) is -0.194. The van der Waals surface area contributed by atoms with Gasteiger partial charge < -0.3 is 10.4 Å². The van der Waals surface area contributed by atoms with Crippen molar-refractivity contribution in [1.82, 2.24) is 10.3 Å². The lowest BCUT2D eigenvalue weighted by molar-refractivity contribution is -0.138. The van der Waals surface area contributed by atoms with E-state index in [9.17, 15) is 18.0 Å². The highest BCUT2D eigenvalue weighted by Gasteiger charge is 2.27. The Balaban J connectivity index is 2.89. The maximum absolute atomic E-state index is 11.7. The average Bonchev–Trinajstić information content (AvgIpc) is 2.26. The standard InChI is InChI=1S/C9H9ClN2O6S/c10-5-2-1-3-11-7(5)8(13)12-6(9(14)15)4-19(16,17)18/h1-3,6H,4H2,(H,12,13)(H,14,15)(H,16,17,18)/t6-/m0/s1. The first-order valence-electron chi connectivity index (χ1n) is 4.80. The molecule has 0 spiro atoms. The van der Waals surface area contributed by atoms with E-state index in [2.05, 4.69) is 4.98 Å². The SMILES string of the molecule is O=C(N[C@@H](CS(=O)(=O)O)C(=O)O)c1ncccc1Cl. The first-order chi connectivity index (χ1) is 8.70. The number of halogens is 1. The monoisotopic (exact) mass is 308 g/mol. The van der Waals surface area contributed by atoms with E-state index in [4.69, 9.17) is 21.3 Å². The van der Waals surface area contributed by atoms with Crippen molar-refractivity contribution in [3.63, 3.8) is 0 Å². The van der Waals surface area contributed by atoms with Crippen LogP contribution in [0, 0.1) is 0 Å². The number of hydrogen-bond donors (Lipinski definition) is 3. The molecule has 1 aromatic rings. The van der Waals surface area contributed by atoms with Crippen LogP contribution in [0.3, 0.4) is 0 Å². The number of aromatic nitrogens is 1. The molecular weight excluding hydrogens is 300 g/mol. The van der Waals surface area contributed by atoms with E-state index in [-0.39, 0.29) is 10.7 Å². The van der Waals surface area contributed by atoms with Crippen molar-refractivity contribution in [3.05, 3.63) is 29.0 Å². The molecule has 0 bridgehead atoms. The lowest BCUT2D eigenvalue weighted by Crippen LogP contribution is -2.45. The zero-order chi connectivity index (χ0) is 14.6. The normalized spacial score (nSPS) is 12.7. The largest absolute Gasteiger partial charge is 0.480 e. The fraction of sp³-hybridized carbons (Fsp3) is 0.222. The fourth-order valence-electron chi connectivity index (χ4n) is 1.16. The highest BCUT2D eigenvalue weighted by molar-refractivity contribution is 7.85. The summed E-state index contributed by atoms with van der Waals surface area (Å²) >= 11 is 5.68. The summed E-state index contributed by atoms with van der Waals surface area (Å²) in [7, 11) is -4.56. The van der Waals surface area contributed by atoms with Crippen LogP contribution in [-0.4, -0.2) is 46.7 Å². The van der Waals surface area contributed by atoms with Gasteiger partial charge in [-0.2, -0.15) is 8.42 Å². The Morgan fingerprint density at radius 2 is 2.11 bits per heavy atom. The highest BCUT2D eigenvalue weighted by atomic mass is 35.5. The molecule has 1 amide bonds. The van der Waals surface area contributed by atoms with E-state index in [0.717, 1.165) is 0 Å². The fourth-order valence-corrected chi connectivity index (χ4v) is 2.02. The van der Waals surface area contributed by atoms with E-state index in [0.29, 0.717) is 0 Å². The van der Waals surface area contributed by atoms with E-state index in [1.54, 1.807) is 0 Å². The van der Waals surface area contributed by atoms with Crippen LogP contribution in [0.1, 0.15) is 10.5 Å². The van der Waals surface area contributed by atoms with Gasteiger partial charge in [0.1, 0.15) is 17.5 Å². The molecule has 10 heteroatoms. The number of nitrogens with one attached hydrogen (secondary N) is 1. The Morgan fingerprint density at radius 3 is 2.58 bits per heavy atom. The second kappa shape index (κ2) is 5.95. The molecule has 104 valence electrons. The number of nitrogens with zero attached hydrogens (tertiary/aromatic N) is 1. The first-order valence-corrected chi connectivity index (χ1v) is 6.79. The average molecular weight is 309 g/mol. The molecule has 0 saturated heterocycles. The van der Waals surface area contributed by atoms with Crippen LogP contribution in [-0.2, 0) is 14.9 Å². The molecule has 0 saturated carbocycles. The molecule has 0 unspecified atom stereocenters. The third kappa shape index (κ3) is 4.81. The van der Waals surface area contributed by atoms with Gasteiger partial charge >= 0.3 is 5.97 Å². The van der Waals surface area contributed by atoms with Crippen molar-refractivity contribution in [3.8, 4) is 0 Å². The molecule has 8 nitrogen and oxygen atoms in total. The Morgan fingerprint density at radius 1 is 1.47 bits per heavy atom. The van der Waals surface area contributed by atoms with Crippen molar-refractivity contribution in [2.24, 2.45) is 0 Å². The van der Waals surface area contributed by atoms with Gasteiger partial charge in [0.25, 0.3) is 16.0 Å². The molecule has 1 aromatic heterocycles. The van der Waals surface area contributed by atoms with Gasteiger partial charge in [0.2, 0.25) is 0 Å². The molecule has 0 aromatic carbocycles. The molecule has 0 aliphatic carbocycles. The predicted molar refractivity (Wildman–Crippen MR) is 64.6 cm³/mol. The van der Waals surface area contributed by atoms with Crippen molar-refractivity contribution >= 4 is 33.6 Å². The number of rotatable bonds is 5. The number of carbonyl (C=O) groups excluding carboxylic acids is 1. The van der Waals surface area contributed by atoms with Gasteiger partial charge in [-0.3, -0.25) is 9.35 Å². The quantitative estimate of drug-likeness (QED) is 0.641. The molecule has 0 aliphatic heterocycles. The lowest BCUT2D eigenvalue weighted by Gasteiger charge is -2.12. The van der Waals surface area contributed by atoms with Gasteiger partial charge in [0.05, 0.1) is 5.02 Å². The molecule has 1 rings (SSSR count). The third-order valence-electron chi connectivity index (χ3n) is 1.95. The Labute approximate surface area is 113 Å². The molecule has 1 heterocycles. The molecule has 0 radical (unpaired) electrons. The van der Waals surface area contributed by atoms with E-state index < -0.39 is 33.8 Å². The molecular formula is C9H9ClN2O6S. The van der Waals surface area contributed by atoms with Crippen LogP contribution in [0.25, 0.3) is 0 Å². The summed E-state index contributed by atoms with van der Waals surface area (Å²) in [6, 6.07) is 1.02. The van der Waals surface area contributed by atoms with Crippen LogP contribution in [0.2, 0.25) is 5.02 Å². The van der Waals surface area contributed by atoms with Crippen LogP contribution in [0.5, 0.6) is 0 Å². The lowest BCUT2D eigenvalue weighted by atomic mass is 10.3. The number of hydrogen-bond acceptors (Lipinski definition) is 5. The van der Waals surface area contributed by atoms with Crippen LogP contribution in [0.4, 0.5) is 0 Å². The summed E-state index contributed by atoms with van der Waals surface area (Å²) in [6.07, 6.45) is 1.26. The number of carboxylic acid groups (broad SMARTS) is 1. The summed E-state index contributed by atoms with van der Waals surface area (Å²) in [5, 5.41) is 10.6. The summed E-state index contributed by atoms with van der Waals surface area (Å²) in [5.74, 6) is -3.72. The molecule has 0 fully saturated rings. The maximum atomic E-state index is 11.7. The number of amides is 1. The number of carbonyl (C=O) groups is 2. The van der Waals surface area contributed by atoms with Crippen LogP contribution >= 0.6 is 11.6 Å². The van der Waals surface area contributed by atoms with Gasteiger partial charge in [-0.15, -0.1) is 0 Å². The van der Waals surface area contributed by atoms with Crippen molar-refractivity contribution in [2.75, 3.05) is 5.75 Å². The zero-order valence-electron chi connectivity index (χ0n) is 9.28. The first kappa shape index (κ1) is 15.3. The molecule has 3 N–H and O–H groups in total. The van der Waals surface area contributed by atoms with Crippen molar-refractivity contribution < 1.29 is 27.7 Å². The van der Waals surface area contributed by atoms with Crippen LogP contribution in [0.15, 0.2) is 18.3 Å². The second-order valence-electron chi connectivity index (χ2n) is 3.45. The van der Waals surface area contributed by atoms with Crippen molar-refractivity contribution in [1.29, 1.82) is 0 Å². The summed E-state index contributed by atoms with van der Waals surface area (Å²) in [6.45, 7) is 0. The Kier molecular flexibility index (Phi) is 4.81. The van der Waals surface area contributed by atoms with E-state index in [1.165, 1.54) is 18.3 Å². The van der Waals surface area contributed by atoms with Gasteiger partial charge in [-0.05, 0) is 12.1 Å². The zero-order valence-corrected chi connectivity index (χ0v) is 10.8. The minimum atomic E-state index is -4.56. The Hall–Kier alpha value is -1.71. The summed E-state index contributed by atoms with van der Waals surface area (Å²) < 4.78 is 29.9. The van der Waals surface area contributed by atoms with E-state index in [1.807, 2.05) is 5.32 Å². The van der Waals surface area contributed by atoms with Gasteiger partial charge in [-0.1, -0.05) is 11.6 Å². The van der Waals surface area contributed by atoms with Gasteiger partial charge in [-0.25, -0.2) is 9.78 Å². The summed E-state index contributed by atoms with van der Waals surface area (Å²) in [5.41, 5.74) is -0.245. The van der Waals surface area contributed by atoms with Crippen molar-refractivity contribution in [2.45, 2.75) is 6.04 Å². The third-order valence-corrected chi connectivity index (χ3v) is 3.01. The number of pyridine rings is 1. The number of aliphatic carboxylic acids is 1. The number of carboxylic acids is 1. The second-order valence-corrected chi connectivity index (χ2v) is 5.35. The molecule has 1 atom stereocenters. The minimum absolute atomic E-state index is 0.0176. The molecule has 0 aliphatic rings. The highest BCUT2D eigenvalue weighted by Crippen LogP contribution is 2.12.